The fourth-order valence-corrected chi connectivity index (χ4v) is 2.99. The third-order valence-corrected chi connectivity index (χ3v) is 4.67. The average molecular weight is 400 g/mol. The van der Waals surface area contributed by atoms with Crippen LogP contribution in [0.3, 0.4) is 0 Å². The summed E-state index contributed by atoms with van der Waals surface area (Å²) < 4.78 is 24.9. The summed E-state index contributed by atoms with van der Waals surface area (Å²) in [6.07, 6.45) is 4.96. The highest BCUT2D eigenvalue weighted by molar-refractivity contribution is 5.78. The molecule has 1 fully saturated rings. The highest BCUT2D eigenvalue weighted by Gasteiger charge is 2.19. The van der Waals surface area contributed by atoms with Crippen LogP contribution in [-0.4, -0.2) is 42.5 Å². The van der Waals surface area contributed by atoms with E-state index in [1.54, 1.807) is 18.3 Å². The first kappa shape index (κ1) is 22.3. The number of nitriles is 1. The summed E-state index contributed by atoms with van der Waals surface area (Å²) in [5.74, 6) is -0.461. The third kappa shape index (κ3) is 6.83. The molecule has 1 saturated heterocycles. The minimum absolute atomic E-state index is 0.246. The molecule has 5 nitrogen and oxygen atoms in total. The second-order valence-corrected chi connectivity index (χ2v) is 6.92. The summed E-state index contributed by atoms with van der Waals surface area (Å²) >= 11 is 0. The maximum absolute atomic E-state index is 12.5. The van der Waals surface area contributed by atoms with E-state index < -0.39 is 11.6 Å². The fourth-order valence-electron chi connectivity index (χ4n) is 2.99. The number of aromatic nitrogens is 1. The molecule has 1 aliphatic rings. The molecule has 1 aliphatic heterocycles. The van der Waals surface area contributed by atoms with Crippen LogP contribution in [0.15, 0.2) is 36.5 Å². The molecule has 1 aromatic carbocycles. The van der Waals surface area contributed by atoms with Gasteiger partial charge in [-0.05, 0) is 42.7 Å². The van der Waals surface area contributed by atoms with Gasteiger partial charge in [-0.15, -0.1) is 0 Å². The molecule has 2 aromatic rings. The van der Waals surface area contributed by atoms with Crippen LogP contribution in [0.5, 0.6) is 0 Å². The second kappa shape index (κ2) is 11.1. The molecule has 29 heavy (non-hydrogen) atoms. The Labute approximate surface area is 170 Å². The topological polar surface area (TPSA) is 60.2 Å². The van der Waals surface area contributed by atoms with Gasteiger partial charge in [0.05, 0.1) is 5.56 Å². The van der Waals surface area contributed by atoms with Gasteiger partial charge in [-0.1, -0.05) is 19.4 Å². The van der Waals surface area contributed by atoms with Crippen molar-refractivity contribution in [1.82, 2.24) is 9.88 Å². The number of likely N-dealkylation sites (tertiary alicyclic amines) is 1. The second-order valence-electron chi connectivity index (χ2n) is 6.92. The number of amides is 1. The van der Waals surface area contributed by atoms with Crippen molar-refractivity contribution in [1.29, 1.82) is 5.26 Å². The van der Waals surface area contributed by atoms with Gasteiger partial charge in [-0.25, -0.2) is 13.8 Å². The van der Waals surface area contributed by atoms with Crippen molar-refractivity contribution >= 4 is 11.7 Å². The third-order valence-electron chi connectivity index (χ3n) is 4.67. The quantitative estimate of drug-likeness (QED) is 0.737. The summed E-state index contributed by atoms with van der Waals surface area (Å²) in [6.45, 7) is 4.36. The van der Waals surface area contributed by atoms with Gasteiger partial charge in [0, 0.05) is 39.3 Å². The van der Waals surface area contributed by atoms with Gasteiger partial charge in [0.1, 0.15) is 11.9 Å². The number of nitrogens with zero attached hydrogens (tertiary/aromatic N) is 4. The maximum Gasteiger partial charge on any atom is 0.222 e. The van der Waals surface area contributed by atoms with Crippen LogP contribution < -0.4 is 4.90 Å². The number of aryl methyl sites for hydroxylation is 1. The molecule has 0 aliphatic carbocycles. The number of carbonyl (C=O) groups is 1. The Morgan fingerprint density at radius 3 is 2.59 bits per heavy atom. The van der Waals surface area contributed by atoms with Gasteiger partial charge < -0.3 is 9.80 Å². The molecule has 0 atom stereocenters. The largest absolute Gasteiger partial charge is 0.358 e. The number of benzene rings is 1. The van der Waals surface area contributed by atoms with Crippen LogP contribution in [0.4, 0.5) is 14.6 Å². The summed E-state index contributed by atoms with van der Waals surface area (Å²) in [4.78, 5) is 19.6. The molecule has 3 rings (SSSR count). The van der Waals surface area contributed by atoms with Gasteiger partial charge in [0.15, 0.2) is 11.6 Å². The summed E-state index contributed by atoms with van der Waals surface area (Å²) in [5.41, 5.74) is 1.41. The van der Waals surface area contributed by atoms with E-state index in [2.05, 4.69) is 4.98 Å². The Kier molecular flexibility index (Phi) is 8.53. The van der Waals surface area contributed by atoms with Gasteiger partial charge >= 0.3 is 0 Å². The molecular formula is C22H26F2N4O. The van der Waals surface area contributed by atoms with Crippen molar-refractivity contribution in [3.05, 3.63) is 59.3 Å². The minimum atomic E-state index is -0.773. The summed E-state index contributed by atoms with van der Waals surface area (Å²) in [7, 11) is 1.94. The highest BCUT2D eigenvalue weighted by Crippen LogP contribution is 2.12. The molecule has 1 amide bonds. The number of pyridine rings is 1. The molecule has 7 heteroatoms. The van der Waals surface area contributed by atoms with E-state index in [1.165, 1.54) is 12.1 Å². The van der Waals surface area contributed by atoms with Gasteiger partial charge in [0.2, 0.25) is 5.91 Å². The van der Waals surface area contributed by atoms with Crippen LogP contribution in [-0.2, 0) is 11.2 Å². The fraction of sp³-hybridized carbons (Fsp3) is 0.409. The summed E-state index contributed by atoms with van der Waals surface area (Å²) in [5, 5.41) is 8.70. The molecule has 0 bridgehead atoms. The number of carbonyl (C=O) groups excluding carboxylic acids is 1. The zero-order valence-corrected chi connectivity index (χ0v) is 16.9. The van der Waals surface area contributed by atoms with Crippen molar-refractivity contribution in [2.45, 2.75) is 32.6 Å². The molecule has 154 valence electrons. The van der Waals surface area contributed by atoms with Gasteiger partial charge in [-0.3, -0.25) is 4.79 Å². The van der Waals surface area contributed by atoms with Crippen LogP contribution in [0, 0.1) is 23.0 Å². The van der Waals surface area contributed by atoms with Gasteiger partial charge in [0.25, 0.3) is 0 Å². The predicted octanol–water partition coefficient (Wildman–Crippen LogP) is 3.93. The van der Waals surface area contributed by atoms with Crippen molar-refractivity contribution in [3.8, 4) is 6.07 Å². The zero-order valence-electron chi connectivity index (χ0n) is 16.9. The lowest BCUT2D eigenvalue weighted by atomic mass is 10.1. The lowest BCUT2D eigenvalue weighted by molar-refractivity contribution is -0.127. The Balaban J connectivity index is 0.000000234. The number of hydrogen-bond donors (Lipinski definition) is 0. The van der Waals surface area contributed by atoms with Crippen molar-refractivity contribution in [2.24, 2.45) is 0 Å². The highest BCUT2D eigenvalue weighted by atomic mass is 19.2. The molecule has 2 heterocycles. The van der Waals surface area contributed by atoms with E-state index in [-0.39, 0.29) is 5.91 Å². The Bertz CT molecular complexity index is 849. The van der Waals surface area contributed by atoms with Crippen LogP contribution in [0.2, 0.25) is 0 Å². The smallest absolute Gasteiger partial charge is 0.222 e. The molecular weight excluding hydrogens is 374 g/mol. The Morgan fingerprint density at radius 1 is 1.24 bits per heavy atom. The number of likely N-dealkylation sites (N-methyl/N-ethyl adjacent to an activating group) is 1. The monoisotopic (exact) mass is 400 g/mol. The lowest BCUT2D eigenvalue weighted by Crippen LogP contribution is -2.34. The molecule has 0 N–H and O–H groups in total. The van der Waals surface area contributed by atoms with Crippen LogP contribution in [0.25, 0.3) is 0 Å². The predicted molar refractivity (Wildman–Crippen MR) is 108 cm³/mol. The normalized spacial score (nSPS) is 12.9. The first-order chi connectivity index (χ1) is 13.9. The first-order valence-corrected chi connectivity index (χ1v) is 9.73. The Hall–Kier alpha value is -3.01. The molecule has 1 aromatic heterocycles. The molecule has 0 spiro atoms. The number of anilines is 1. The molecule has 0 radical (unpaired) electrons. The van der Waals surface area contributed by atoms with Crippen LogP contribution in [0.1, 0.15) is 37.3 Å². The van der Waals surface area contributed by atoms with E-state index in [1.807, 2.05) is 35.9 Å². The van der Waals surface area contributed by atoms with Crippen molar-refractivity contribution in [2.75, 3.05) is 31.6 Å². The minimum Gasteiger partial charge on any atom is -0.358 e. The lowest BCUT2D eigenvalue weighted by Gasteiger charge is -2.22. The van der Waals surface area contributed by atoms with E-state index in [0.717, 1.165) is 50.3 Å². The number of rotatable bonds is 6. The SMILES string of the molecule is CCCc1ccc(F)c(F)c1.CN(CCN1CCCC1=O)c1ccc(C#N)cn1. The van der Waals surface area contributed by atoms with Crippen molar-refractivity contribution in [3.63, 3.8) is 0 Å². The number of hydrogen-bond acceptors (Lipinski definition) is 4. The zero-order chi connectivity index (χ0) is 21.2. The summed E-state index contributed by atoms with van der Waals surface area (Å²) in [6, 6.07) is 9.64. The number of halogens is 2. The van der Waals surface area contributed by atoms with Gasteiger partial charge in [-0.2, -0.15) is 5.26 Å². The van der Waals surface area contributed by atoms with Crippen LogP contribution >= 0.6 is 0 Å². The first-order valence-electron chi connectivity index (χ1n) is 9.73. The van der Waals surface area contributed by atoms with Crippen molar-refractivity contribution < 1.29 is 13.6 Å². The Morgan fingerprint density at radius 2 is 2.03 bits per heavy atom. The molecule has 0 saturated carbocycles. The van der Waals surface area contributed by atoms with E-state index in [0.29, 0.717) is 12.0 Å². The molecule has 0 unspecified atom stereocenters. The maximum atomic E-state index is 12.5. The van der Waals surface area contributed by atoms with E-state index in [9.17, 15) is 13.6 Å². The van der Waals surface area contributed by atoms with E-state index >= 15 is 0 Å². The van der Waals surface area contributed by atoms with E-state index in [4.69, 9.17) is 5.26 Å². The average Bonchev–Trinajstić information content (AvgIpc) is 3.14. The standard InChI is InChI=1S/C13H16N4O.C9H10F2/c1-16(7-8-17-6-2-3-13(17)18)12-5-4-11(9-14)10-15-12;1-2-3-7-4-5-8(10)9(11)6-7/h4-5,10H,2-3,6-8H2,1H3;4-6H,2-3H2,1H3.